The third kappa shape index (κ3) is 3.52. The fraction of sp³-hybridized carbons (Fsp3) is 0.278. The highest BCUT2D eigenvalue weighted by atomic mass is 35.5. The Hall–Kier alpha value is -1.72. The molecule has 24 heavy (non-hydrogen) atoms. The van der Waals surface area contributed by atoms with Crippen molar-refractivity contribution in [1.82, 2.24) is 4.90 Å². The molecule has 6 heteroatoms. The first kappa shape index (κ1) is 17.1. The average Bonchev–Trinajstić information content (AvgIpc) is 3.00. The van der Waals surface area contributed by atoms with E-state index >= 15 is 0 Å². The topological polar surface area (TPSA) is 32.3 Å². The van der Waals surface area contributed by atoms with Gasteiger partial charge in [0, 0.05) is 18.0 Å². The summed E-state index contributed by atoms with van der Waals surface area (Å²) in [6.45, 7) is 4.79. The molecule has 1 heterocycles. The molecule has 0 aliphatic carbocycles. The Morgan fingerprint density at radius 3 is 2.79 bits per heavy atom. The highest BCUT2D eigenvalue weighted by molar-refractivity contribution is 7.99. The van der Waals surface area contributed by atoms with Crippen LogP contribution >= 0.6 is 23.4 Å². The van der Waals surface area contributed by atoms with Gasteiger partial charge in [0.25, 0.3) is 0 Å². The molecule has 1 N–H and O–H groups in total. The largest absolute Gasteiger partial charge is 0.323 e. The minimum absolute atomic E-state index is 0.00507. The SMILES string of the molecule is Cc1ccc([C@@H]2SCCN2C(=O)Nc2ccc(F)c(Cl)c2)c(C)c1. The van der Waals surface area contributed by atoms with Gasteiger partial charge in [-0.2, -0.15) is 0 Å². The lowest BCUT2D eigenvalue weighted by molar-refractivity contribution is 0.214. The molecule has 126 valence electrons. The van der Waals surface area contributed by atoms with Gasteiger partial charge in [-0.3, -0.25) is 0 Å². The first-order chi connectivity index (χ1) is 11.5. The number of benzene rings is 2. The van der Waals surface area contributed by atoms with Crippen LogP contribution in [0.15, 0.2) is 36.4 Å². The van der Waals surface area contributed by atoms with Gasteiger partial charge in [0.15, 0.2) is 0 Å². The van der Waals surface area contributed by atoms with E-state index in [-0.39, 0.29) is 16.4 Å². The maximum atomic E-state index is 13.2. The van der Waals surface area contributed by atoms with Gasteiger partial charge in [0.1, 0.15) is 11.2 Å². The van der Waals surface area contributed by atoms with Gasteiger partial charge < -0.3 is 10.2 Å². The molecule has 0 aromatic heterocycles. The fourth-order valence-electron chi connectivity index (χ4n) is 2.81. The second-order valence-electron chi connectivity index (χ2n) is 5.84. The minimum atomic E-state index is -0.500. The number of carbonyl (C=O) groups excluding carboxylic acids is 1. The Labute approximate surface area is 150 Å². The number of hydrogen-bond donors (Lipinski definition) is 1. The maximum Gasteiger partial charge on any atom is 0.323 e. The van der Waals surface area contributed by atoms with Crippen molar-refractivity contribution in [1.29, 1.82) is 0 Å². The molecule has 2 amide bonds. The highest BCUT2D eigenvalue weighted by Crippen LogP contribution is 2.39. The summed E-state index contributed by atoms with van der Waals surface area (Å²) < 4.78 is 13.2. The molecule has 1 aliphatic rings. The third-order valence-electron chi connectivity index (χ3n) is 4.01. The number of amides is 2. The molecule has 2 aromatic carbocycles. The van der Waals surface area contributed by atoms with E-state index in [9.17, 15) is 9.18 Å². The standard InChI is InChI=1S/C18H18ClFN2OS/c1-11-3-5-14(12(2)9-11)17-22(7-8-24-17)18(23)21-13-4-6-16(20)15(19)10-13/h3-6,9-10,17H,7-8H2,1-2H3,(H,21,23)/t17-/m0/s1. The van der Waals surface area contributed by atoms with Crippen molar-refractivity contribution in [3.63, 3.8) is 0 Å². The van der Waals surface area contributed by atoms with Gasteiger partial charge in [0.05, 0.1) is 5.02 Å². The highest BCUT2D eigenvalue weighted by Gasteiger charge is 2.31. The lowest BCUT2D eigenvalue weighted by atomic mass is 10.1. The number of nitrogens with one attached hydrogen (secondary N) is 1. The van der Waals surface area contributed by atoms with Crippen LogP contribution in [0.5, 0.6) is 0 Å². The van der Waals surface area contributed by atoms with Gasteiger partial charge in [-0.25, -0.2) is 9.18 Å². The van der Waals surface area contributed by atoms with E-state index in [2.05, 4.69) is 37.4 Å². The van der Waals surface area contributed by atoms with Crippen molar-refractivity contribution >= 4 is 35.1 Å². The van der Waals surface area contributed by atoms with Crippen LogP contribution in [0.3, 0.4) is 0 Å². The minimum Gasteiger partial charge on any atom is -0.308 e. The van der Waals surface area contributed by atoms with Gasteiger partial charge in [-0.05, 0) is 43.2 Å². The lowest BCUT2D eigenvalue weighted by Gasteiger charge is -2.26. The van der Waals surface area contributed by atoms with Crippen molar-refractivity contribution in [3.05, 3.63) is 63.9 Å². The Morgan fingerprint density at radius 1 is 1.29 bits per heavy atom. The Balaban J connectivity index is 1.79. The summed E-state index contributed by atoms with van der Waals surface area (Å²) in [4.78, 5) is 14.4. The number of aryl methyl sites for hydroxylation is 2. The van der Waals surface area contributed by atoms with E-state index < -0.39 is 5.82 Å². The van der Waals surface area contributed by atoms with Crippen LogP contribution in [0, 0.1) is 19.7 Å². The summed E-state index contributed by atoms with van der Waals surface area (Å²) in [7, 11) is 0. The zero-order valence-corrected chi connectivity index (χ0v) is 15.0. The second-order valence-corrected chi connectivity index (χ2v) is 7.43. The molecule has 1 aliphatic heterocycles. The zero-order chi connectivity index (χ0) is 17.3. The number of hydrogen-bond acceptors (Lipinski definition) is 2. The fourth-order valence-corrected chi connectivity index (χ4v) is 4.34. The van der Waals surface area contributed by atoms with Crippen molar-refractivity contribution in [2.75, 3.05) is 17.6 Å². The Morgan fingerprint density at radius 2 is 2.08 bits per heavy atom. The van der Waals surface area contributed by atoms with Crippen LogP contribution in [0.4, 0.5) is 14.9 Å². The Bertz CT molecular complexity index is 784. The van der Waals surface area contributed by atoms with E-state index in [0.29, 0.717) is 12.2 Å². The van der Waals surface area contributed by atoms with Gasteiger partial charge in [0.2, 0.25) is 0 Å². The lowest BCUT2D eigenvalue weighted by Crippen LogP contribution is -2.34. The van der Waals surface area contributed by atoms with Crippen LogP contribution in [0.25, 0.3) is 0 Å². The van der Waals surface area contributed by atoms with E-state index in [0.717, 1.165) is 11.3 Å². The normalized spacial score (nSPS) is 17.2. The van der Waals surface area contributed by atoms with Crippen molar-refractivity contribution in [2.45, 2.75) is 19.2 Å². The summed E-state index contributed by atoms with van der Waals surface area (Å²) in [6.07, 6.45) is 0. The number of rotatable bonds is 2. The maximum absolute atomic E-state index is 13.2. The molecule has 0 bridgehead atoms. The molecule has 0 unspecified atom stereocenters. The third-order valence-corrected chi connectivity index (χ3v) is 5.55. The predicted molar refractivity (Wildman–Crippen MR) is 98.2 cm³/mol. The van der Waals surface area contributed by atoms with E-state index in [1.165, 1.54) is 29.3 Å². The molecule has 1 saturated heterocycles. The van der Waals surface area contributed by atoms with Gasteiger partial charge in [-0.15, -0.1) is 11.8 Å². The number of halogens is 2. The van der Waals surface area contributed by atoms with E-state index in [1.807, 2.05) is 0 Å². The number of thioether (sulfide) groups is 1. The molecule has 0 spiro atoms. The summed E-state index contributed by atoms with van der Waals surface area (Å²) in [5, 5.41) is 2.79. The molecule has 3 rings (SSSR count). The predicted octanol–water partition coefficient (Wildman–Crippen LogP) is 5.38. The second kappa shape index (κ2) is 7.03. The summed E-state index contributed by atoms with van der Waals surface area (Å²) in [6, 6.07) is 10.3. The molecule has 0 radical (unpaired) electrons. The zero-order valence-electron chi connectivity index (χ0n) is 13.5. The van der Waals surface area contributed by atoms with Crippen LogP contribution in [0.1, 0.15) is 22.1 Å². The first-order valence-electron chi connectivity index (χ1n) is 7.67. The average molecular weight is 365 g/mol. The smallest absolute Gasteiger partial charge is 0.308 e. The number of nitrogens with zero attached hydrogens (tertiary/aromatic N) is 1. The molecule has 1 atom stereocenters. The van der Waals surface area contributed by atoms with Crippen LogP contribution in [-0.2, 0) is 0 Å². The molecule has 3 nitrogen and oxygen atoms in total. The van der Waals surface area contributed by atoms with Gasteiger partial charge >= 0.3 is 6.03 Å². The molecule has 1 fully saturated rings. The van der Waals surface area contributed by atoms with E-state index in [4.69, 9.17) is 11.6 Å². The summed E-state index contributed by atoms with van der Waals surface area (Å²) in [5.41, 5.74) is 4.02. The quantitative estimate of drug-likeness (QED) is 0.776. The number of anilines is 1. The van der Waals surface area contributed by atoms with Crippen molar-refractivity contribution < 1.29 is 9.18 Å². The Kier molecular flexibility index (Phi) is 5.01. The summed E-state index contributed by atoms with van der Waals surface area (Å²) >= 11 is 7.52. The first-order valence-corrected chi connectivity index (χ1v) is 9.10. The molecular weight excluding hydrogens is 347 g/mol. The molecular formula is C18H18ClFN2OS. The molecule has 0 saturated carbocycles. The van der Waals surface area contributed by atoms with Crippen molar-refractivity contribution in [2.24, 2.45) is 0 Å². The number of carbonyl (C=O) groups is 1. The van der Waals surface area contributed by atoms with Crippen LogP contribution in [0.2, 0.25) is 5.02 Å². The van der Waals surface area contributed by atoms with Gasteiger partial charge in [-0.1, -0.05) is 35.4 Å². The van der Waals surface area contributed by atoms with Crippen LogP contribution < -0.4 is 5.32 Å². The van der Waals surface area contributed by atoms with Crippen molar-refractivity contribution in [3.8, 4) is 0 Å². The molecule has 2 aromatic rings. The monoisotopic (exact) mass is 364 g/mol. The summed E-state index contributed by atoms with van der Waals surface area (Å²) in [5.74, 6) is 0.384. The van der Waals surface area contributed by atoms with Crippen LogP contribution in [-0.4, -0.2) is 23.2 Å². The van der Waals surface area contributed by atoms with E-state index in [1.54, 1.807) is 16.7 Å². The number of urea groups is 1.